The van der Waals surface area contributed by atoms with E-state index in [0.29, 0.717) is 5.69 Å². The van der Waals surface area contributed by atoms with E-state index in [1.807, 2.05) is 0 Å². The molecule has 0 unspecified atom stereocenters. The number of hydrogen-bond donors (Lipinski definition) is 1. The largest absolute Gasteiger partial charge is 0.381 e. The monoisotopic (exact) mass is 316 g/mol. The summed E-state index contributed by atoms with van der Waals surface area (Å²) in [6, 6.07) is 5.64. The van der Waals surface area contributed by atoms with Crippen LogP contribution in [0.5, 0.6) is 0 Å². The molecule has 0 saturated heterocycles. The van der Waals surface area contributed by atoms with Crippen LogP contribution in [0.25, 0.3) is 0 Å². The highest BCUT2D eigenvalue weighted by atomic mass is 35.5. The molecule has 110 valence electrons. The van der Waals surface area contributed by atoms with Crippen molar-refractivity contribution in [1.82, 2.24) is 0 Å². The number of rotatable bonds is 4. The minimum Gasteiger partial charge on any atom is -0.381 e. The molecule has 0 saturated carbocycles. The zero-order valence-electron chi connectivity index (χ0n) is 10.4. The van der Waals surface area contributed by atoms with Crippen molar-refractivity contribution in [2.45, 2.75) is 6.54 Å². The molecular formula is C13H8ClF3N2O2. The molecule has 0 fully saturated rings. The highest BCUT2D eigenvalue weighted by Crippen LogP contribution is 2.27. The second-order valence-electron chi connectivity index (χ2n) is 4.15. The molecule has 2 aromatic carbocycles. The number of hydrogen-bond acceptors (Lipinski definition) is 3. The summed E-state index contributed by atoms with van der Waals surface area (Å²) in [4.78, 5) is 9.97. The number of benzene rings is 2. The fourth-order valence-corrected chi connectivity index (χ4v) is 1.93. The first kappa shape index (κ1) is 15.1. The molecule has 0 aliphatic heterocycles. The fourth-order valence-electron chi connectivity index (χ4n) is 1.68. The molecule has 0 aromatic heterocycles. The van der Waals surface area contributed by atoms with Gasteiger partial charge in [-0.1, -0.05) is 11.6 Å². The molecule has 0 aliphatic carbocycles. The van der Waals surface area contributed by atoms with E-state index in [-0.39, 0.29) is 22.8 Å². The van der Waals surface area contributed by atoms with Gasteiger partial charge in [-0.3, -0.25) is 10.1 Å². The molecular weight excluding hydrogens is 309 g/mol. The standard InChI is InChI=1S/C13H8ClF3N2O2/c14-9-5-8(1-2-12(9)19(20)21)18-6-7-3-10(15)13(17)11(16)4-7/h1-5,18H,6H2. The van der Waals surface area contributed by atoms with Crippen LogP contribution in [0.4, 0.5) is 24.5 Å². The van der Waals surface area contributed by atoms with E-state index < -0.39 is 22.4 Å². The van der Waals surface area contributed by atoms with Gasteiger partial charge in [0.05, 0.1) is 4.92 Å². The minimum atomic E-state index is -1.53. The summed E-state index contributed by atoms with van der Waals surface area (Å²) in [5.41, 5.74) is 0.359. The molecule has 21 heavy (non-hydrogen) atoms. The van der Waals surface area contributed by atoms with Crippen LogP contribution in [0.2, 0.25) is 5.02 Å². The van der Waals surface area contributed by atoms with Crippen LogP contribution in [-0.2, 0) is 6.54 Å². The summed E-state index contributed by atoms with van der Waals surface area (Å²) in [6.45, 7) is 0.00224. The Bertz CT molecular complexity index is 687. The summed E-state index contributed by atoms with van der Waals surface area (Å²) in [7, 11) is 0. The predicted octanol–water partition coefficient (Wildman–Crippen LogP) is 4.28. The number of anilines is 1. The molecule has 2 rings (SSSR count). The number of halogens is 4. The highest BCUT2D eigenvalue weighted by molar-refractivity contribution is 6.32. The summed E-state index contributed by atoms with van der Waals surface area (Å²) in [5.74, 6) is -4.10. The van der Waals surface area contributed by atoms with E-state index in [0.717, 1.165) is 12.1 Å². The topological polar surface area (TPSA) is 55.2 Å². The van der Waals surface area contributed by atoms with Gasteiger partial charge >= 0.3 is 0 Å². The van der Waals surface area contributed by atoms with Gasteiger partial charge in [-0.2, -0.15) is 0 Å². The van der Waals surface area contributed by atoms with E-state index in [1.54, 1.807) is 0 Å². The van der Waals surface area contributed by atoms with Crippen LogP contribution >= 0.6 is 11.6 Å². The Balaban J connectivity index is 2.13. The first-order valence-corrected chi connectivity index (χ1v) is 6.07. The smallest absolute Gasteiger partial charge is 0.288 e. The van der Waals surface area contributed by atoms with Crippen LogP contribution in [0.1, 0.15) is 5.56 Å². The predicted molar refractivity (Wildman–Crippen MR) is 71.7 cm³/mol. The lowest BCUT2D eigenvalue weighted by Crippen LogP contribution is -2.02. The first-order valence-electron chi connectivity index (χ1n) is 5.69. The minimum absolute atomic E-state index is 0.00224. The van der Waals surface area contributed by atoms with Gasteiger partial charge in [-0.25, -0.2) is 13.2 Å². The van der Waals surface area contributed by atoms with Crippen molar-refractivity contribution in [3.8, 4) is 0 Å². The highest BCUT2D eigenvalue weighted by Gasteiger charge is 2.13. The van der Waals surface area contributed by atoms with Crippen molar-refractivity contribution in [3.63, 3.8) is 0 Å². The lowest BCUT2D eigenvalue weighted by atomic mass is 10.2. The van der Waals surface area contributed by atoms with Gasteiger partial charge in [0.1, 0.15) is 5.02 Å². The zero-order valence-corrected chi connectivity index (χ0v) is 11.1. The molecule has 0 spiro atoms. The Hall–Kier alpha value is -2.28. The van der Waals surface area contributed by atoms with Crippen LogP contribution in [0.3, 0.4) is 0 Å². The number of nitrogens with one attached hydrogen (secondary N) is 1. The van der Waals surface area contributed by atoms with Gasteiger partial charge < -0.3 is 5.32 Å². The van der Waals surface area contributed by atoms with Gasteiger partial charge in [0.15, 0.2) is 17.5 Å². The third-order valence-corrected chi connectivity index (χ3v) is 2.99. The van der Waals surface area contributed by atoms with E-state index in [4.69, 9.17) is 11.6 Å². The van der Waals surface area contributed by atoms with Crippen LogP contribution < -0.4 is 5.32 Å². The maximum Gasteiger partial charge on any atom is 0.288 e. The van der Waals surface area contributed by atoms with Crippen LogP contribution in [0, 0.1) is 27.6 Å². The molecule has 0 radical (unpaired) electrons. The van der Waals surface area contributed by atoms with Crippen molar-refractivity contribution in [1.29, 1.82) is 0 Å². The van der Waals surface area contributed by atoms with Gasteiger partial charge in [-0.15, -0.1) is 0 Å². The number of nitrogens with zero attached hydrogens (tertiary/aromatic N) is 1. The lowest BCUT2D eigenvalue weighted by Gasteiger charge is -2.08. The molecule has 0 aliphatic rings. The normalized spacial score (nSPS) is 10.5. The van der Waals surface area contributed by atoms with Crippen molar-refractivity contribution >= 4 is 23.0 Å². The maximum atomic E-state index is 13.0. The Kier molecular flexibility index (Phi) is 4.32. The second-order valence-corrected chi connectivity index (χ2v) is 4.56. The molecule has 4 nitrogen and oxygen atoms in total. The summed E-state index contributed by atoms with van der Waals surface area (Å²) in [6.07, 6.45) is 0. The first-order chi connectivity index (χ1) is 9.88. The molecule has 8 heteroatoms. The number of nitro groups is 1. The molecule has 2 aromatic rings. The summed E-state index contributed by atoms with van der Waals surface area (Å²) >= 11 is 5.73. The molecule has 0 atom stereocenters. The average molecular weight is 317 g/mol. The summed E-state index contributed by atoms with van der Waals surface area (Å²) < 4.78 is 38.9. The van der Waals surface area contributed by atoms with E-state index in [1.165, 1.54) is 18.2 Å². The van der Waals surface area contributed by atoms with Crippen molar-refractivity contribution < 1.29 is 18.1 Å². The molecule has 0 amide bonds. The van der Waals surface area contributed by atoms with E-state index in [9.17, 15) is 23.3 Å². The second kappa shape index (κ2) is 6.01. The zero-order chi connectivity index (χ0) is 15.6. The lowest BCUT2D eigenvalue weighted by molar-refractivity contribution is -0.384. The van der Waals surface area contributed by atoms with Crippen molar-refractivity contribution in [2.24, 2.45) is 0 Å². The number of nitro benzene ring substituents is 1. The van der Waals surface area contributed by atoms with Gasteiger partial charge in [0, 0.05) is 18.3 Å². The Morgan fingerprint density at radius 3 is 2.29 bits per heavy atom. The molecule has 0 heterocycles. The Labute approximate surface area is 122 Å². The SMILES string of the molecule is O=[N+]([O-])c1ccc(NCc2cc(F)c(F)c(F)c2)cc1Cl. The third kappa shape index (κ3) is 3.43. The van der Waals surface area contributed by atoms with E-state index >= 15 is 0 Å². The molecule has 1 N–H and O–H groups in total. The summed E-state index contributed by atoms with van der Waals surface area (Å²) in [5, 5.41) is 13.3. The van der Waals surface area contributed by atoms with Gasteiger partial charge in [0.2, 0.25) is 0 Å². The molecule has 0 bridgehead atoms. The van der Waals surface area contributed by atoms with Crippen LogP contribution in [0.15, 0.2) is 30.3 Å². The van der Waals surface area contributed by atoms with E-state index in [2.05, 4.69) is 5.32 Å². The average Bonchev–Trinajstić information content (AvgIpc) is 2.42. The maximum absolute atomic E-state index is 13.0. The fraction of sp³-hybridized carbons (Fsp3) is 0.0769. The quantitative estimate of drug-likeness (QED) is 0.520. The van der Waals surface area contributed by atoms with Crippen molar-refractivity contribution in [3.05, 3.63) is 68.5 Å². The van der Waals surface area contributed by atoms with Crippen molar-refractivity contribution in [2.75, 3.05) is 5.32 Å². The van der Waals surface area contributed by atoms with Crippen LogP contribution in [-0.4, -0.2) is 4.92 Å². The Morgan fingerprint density at radius 1 is 1.14 bits per heavy atom. The van der Waals surface area contributed by atoms with Gasteiger partial charge in [0.25, 0.3) is 5.69 Å². The third-order valence-electron chi connectivity index (χ3n) is 2.68. The Morgan fingerprint density at radius 2 is 1.76 bits per heavy atom. The van der Waals surface area contributed by atoms with Gasteiger partial charge in [-0.05, 0) is 29.8 Å².